The Bertz CT molecular complexity index is 643. The number of rotatable bonds is 8. The summed E-state index contributed by atoms with van der Waals surface area (Å²) in [6.07, 6.45) is -0.335. The molecule has 1 rings (SSSR count). The number of ether oxygens (including phenoxy) is 1. The highest BCUT2D eigenvalue weighted by Gasteiger charge is 2.30. The molecule has 8 nitrogen and oxygen atoms in total. The molecule has 0 bridgehead atoms. The third-order valence-electron chi connectivity index (χ3n) is 3.53. The molecular formula is C16H22N2O6. The van der Waals surface area contributed by atoms with Crippen LogP contribution >= 0.6 is 0 Å². The van der Waals surface area contributed by atoms with E-state index in [1.54, 1.807) is 13.0 Å². The van der Waals surface area contributed by atoms with Crippen LogP contribution in [0, 0.1) is 10.1 Å². The van der Waals surface area contributed by atoms with Gasteiger partial charge in [-0.2, -0.15) is 0 Å². The molecule has 132 valence electrons. The Morgan fingerprint density at radius 3 is 2.50 bits per heavy atom. The number of nitro benzene ring substituents is 1. The van der Waals surface area contributed by atoms with Crippen LogP contribution in [0.15, 0.2) is 18.2 Å². The fraction of sp³-hybridized carbons (Fsp3) is 0.500. The Labute approximate surface area is 140 Å². The second-order valence-corrected chi connectivity index (χ2v) is 6.20. The summed E-state index contributed by atoms with van der Waals surface area (Å²) in [6, 6.07) is 4.24. The number of nitro groups is 1. The minimum absolute atomic E-state index is 0.00277. The van der Waals surface area contributed by atoms with Gasteiger partial charge < -0.3 is 15.2 Å². The number of methoxy groups -OCH3 is 1. The summed E-state index contributed by atoms with van der Waals surface area (Å²) in [4.78, 5) is 34.0. The van der Waals surface area contributed by atoms with Crippen LogP contribution in [0.1, 0.15) is 49.0 Å². The molecule has 0 aliphatic rings. The first-order valence-corrected chi connectivity index (χ1v) is 7.41. The Morgan fingerprint density at radius 2 is 2.04 bits per heavy atom. The first-order valence-electron chi connectivity index (χ1n) is 7.41. The van der Waals surface area contributed by atoms with Crippen molar-refractivity contribution < 1.29 is 24.4 Å². The minimum Gasteiger partial charge on any atom is -0.481 e. The van der Waals surface area contributed by atoms with Gasteiger partial charge in [0.2, 0.25) is 0 Å². The molecule has 8 heteroatoms. The molecule has 0 aliphatic heterocycles. The summed E-state index contributed by atoms with van der Waals surface area (Å²) in [6.45, 7) is 5.19. The van der Waals surface area contributed by atoms with Crippen molar-refractivity contribution in [2.45, 2.75) is 38.6 Å². The monoisotopic (exact) mass is 338 g/mol. The van der Waals surface area contributed by atoms with E-state index in [-0.39, 0.29) is 30.2 Å². The highest BCUT2D eigenvalue weighted by atomic mass is 16.6. The summed E-state index contributed by atoms with van der Waals surface area (Å²) in [5.41, 5.74) is -0.631. The molecule has 0 aliphatic carbocycles. The Balaban J connectivity index is 3.12. The Kier molecular flexibility index (Phi) is 6.42. The number of carboxylic acids is 1. The van der Waals surface area contributed by atoms with Gasteiger partial charge in [-0.15, -0.1) is 0 Å². The number of amides is 1. The second kappa shape index (κ2) is 7.87. The average molecular weight is 338 g/mol. The number of carboxylic acid groups (broad SMARTS) is 1. The van der Waals surface area contributed by atoms with E-state index in [1.165, 1.54) is 19.2 Å². The van der Waals surface area contributed by atoms with Gasteiger partial charge in [-0.05, 0) is 18.9 Å². The van der Waals surface area contributed by atoms with E-state index in [2.05, 4.69) is 5.32 Å². The van der Waals surface area contributed by atoms with Gasteiger partial charge >= 0.3 is 5.97 Å². The number of benzene rings is 1. The Morgan fingerprint density at radius 1 is 1.42 bits per heavy atom. The number of hydrogen-bond donors (Lipinski definition) is 2. The molecule has 1 amide bonds. The predicted octanol–water partition coefficient (Wildman–Crippen LogP) is 2.33. The van der Waals surface area contributed by atoms with Crippen molar-refractivity contribution >= 4 is 17.6 Å². The van der Waals surface area contributed by atoms with E-state index in [4.69, 9.17) is 9.84 Å². The number of hydrogen-bond acceptors (Lipinski definition) is 5. The summed E-state index contributed by atoms with van der Waals surface area (Å²) >= 11 is 0. The first kappa shape index (κ1) is 19.6. The molecule has 2 N–H and O–H groups in total. The maximum Gasteiger partial charge on any atom is 0.305 e. The van der Waals surface area contributed by atoms with Crippen molar-refractivity contribution in [3.05, 3.63) is 39.4 Å². The number of carbonyl (C=O) groups is 2. The quantitative estimate of drug-likeness (QED) is 0.554. The number of aliphatic carboxylic acids is 1. The highest BCUT2D eigenvalue weighted by molar-refractivity contribution is 5.95. The van der Waals surface area contributed by atoms with E-state index in [0.29, 0.717) is 5.56 Å². The van der Waals surface area contributed by atoms with Crippen LogP contribution in [-0.4, -0.2) is 41.2 Å². The maximum atomic E-state index is 12.4. The van der Waals surface area contributed by atoms with Crippen LogP contribution < -0.4 is 5.32 Å². The van der Waals surface area contributed by atoms with Crippen LogP contribution in [0.5, 0.6) is 0 Å². The zero-order valence-corrected chi connectivity index (χ0v) is 14.2. The molecule has 0 fully saturated rings. The standard InChI is InChI=1S/C16H22N2O6/c1-10(2)12-6-5-11(7-13(12)18(22)23)15(21)17-16(3,9-24-4)8-14(19)20/h5-7,10H,8-9H2,1-4H3,(H,17,21)(H,19,20). The lowest BCUT2D eigenvalue weighted by molar-refractivity contribution is -0.385. The summed E-state index contributed by atoms with van der Waals surface area (Å²) in [7, 11) is 1.40. The predicted molar refractivity (Wildman–Crippen MR) is 87.2 cm³/mol. The van der Waals surface area contributed by atoms with Crippen molar-refractivity contribution in [3.8, 4) is 0 Å². The van der Waals surface area contributed by atoms with E-state index in [0.717, 1.165) is 0 Å². The van der Waals surface area contributed by atoms with Gasteiger partial charge in [0.05, 0.1) is 23.5 Å². The molecular weight excluding hydrogens is 316 g/mol. The molecule has 1 aromatic carbocycles. The van der Waals surface area contributed by atoms with Crippen LogP contribution in [0.3, 0.4) is 0 Å². The lowest BCUT2D eigenvalue weighted by Crippen LogP contribution is -2.50. The molecule has 0 aromatic heterocycles. The fourth-order valence-corrected chi connectivity index (χ4v) is 2.46. The SMILES string of the molecule is COCC(C)(CC(=O)O)NC(=O)c1ccc(C(C)C)c([N+](=O)[O-])c1. The molecule has 0 spiro atoms. The van der Waals surface area contributed by atoms with Crippen LogP contribution in [0.25, 0.3) is 0 Å². The maximum absolute atomic E-state index is 12.4. The molecule has 0 saturated heterocycles. The summed E-state index contributed by atoms with van der Waals surface area (Å²) in [5.74, 6) is -1.74. The molecule has 0 saturated carbocycles. The van der Waals surface area contributed by atoms with Gasteiger partial charge in [0, 0.05) is 24.3 Å². The zero-order valence-electron chi connectivity index (χ0n) is 14.2. The van der Waals surface area contributed by atoms with E-state index in [1.807, 2.05) is 13.8 Å². The second-order valence-electron chi connectivity index (χ2n) is 6.20. The minimum atomic E-state index is -1.12. The van der Waals surface area contributed by atoms with Crippen LogP contribution in [-0.2, 0) is 9.53 Å². The van der Waals surface area contributed by atoms with E-state index >= 15 is 0 Å². The van der Waals surface area contributed by atoms with E-state index in [9.17, 15) is 19.7 Å². The number of carbonyl (C=O) groups excluding carboxylic acids is 1. The molecule has 24 heavy (non-hydrogen) atoms. The highest BCUT2D eigenvalue weighted by Crippen LogP contribution is 2.27. The smallest absolute Gasteiger partial charge is 0.305 e. The van der Waals surface area contributed by atoms with Crippen molar-refractivity contribution in [2.75, 3.05) is 13.7 Å². The van der Waals surface area contributed by atoms with Gasteiger partial charge in [-0.1, -0.05) is 19.9 Å². The molecule has 0 heterocycles. The average Bonchev–Trinajstić information content (AvgIpc) is 2.45. The van der Waals surface area contributed by atoms with Gasteiger partial charge in [-0.25, -0.2) is 0 Å². The normalized spacial score (nSPS) is 13.4. The van der Waals surface area contributed by atoms with Crippen LogP contribution in [0.2, 0.25) is 0 Å². The Hall–Kier alpha value is -2.48. The third-order valence-corrected chi connectivity index (χ3v) is 3.53. The van der Waals surface area contributed by atoms with Crippen molar-refractivity contribution in [1.82, 2.24) is 5.32 Å². The molecule has 1 aromatic rings. The lowest BCUT2D eigenvalue weighted by Gasteiger charge is -2.28. The lowest BCUT2D eigenvalue weighted by atomic mass is 9.96. The zero-order chi connectivity index (χ0) is 18.5. The van der Waals surface area contributed by atoms with Gasteiger partial charge in [0.25, 0.3) is 11.6 Å². The molecule has 0 radical (unpaired) electrons. The van der Waals surface area contributed by atoms with Gasteiger partial charge in [-0.3, -0.25) is 19.7 Å². The van der Waals surface area contributed by atoms with Crippen molar-refractivity contribution in [1.29, 1.82) is 0 Å². The van der Waals surface area contributed by atoms with Crippen molar-refractivity contribution in [3.63, 3.8) is 0 Å². The van der Waals surface area contributed by atoms with Gasteiger partial charge in [0.1, 0.15) is 0 Å². The largest absolute Gasteiger partial charge is 0.481 e. The number of nitrogens with zero attached hydrogens (tertiary/aromatic N) is 1. The summed E-state index contributed by atoms with van der Waals surface area (Å²) < 4.78 is 4.97. The topological polar surface area (TPSA) is 119 Å². The molecule has 1 unspecified atom stereocenters. The van der Waals surface area contributed by atoms with Crippen molar-refractivity contribution in [2.24, 2.45) is 0 Å². The summed E-state index contributed by atoms with van der Waals surface area (Å²) in [5, 5.41) is 22.8. The van der Waals surface area contributed by atoms with E-state index < -0.39 is 22.3 Å². The first-order chi connectivity index (χ1) is 11.1. The molecule has 1 atom stereocenters. The third kappa shape index (κ3) is 5.02. The fourth-order valence-electron chi connectivity index (χ4n) is 2.46. The van der Waals surface area contributed by atoms with Crippen LogP contribution in [0.4, 0.5) is 5.69 Å². The number of nitrogens with one attached hydrogen (secondary N) is 1. The van der Waals surface area contributed by atoms with Gasteiger partial charge in [0.15, 0.2) is 0 Å².